The fraction of sp³-hybridized carbons (Fsp3) is 0.455. The van der Waals surface area contributed by atoms with Crippen molar-refractivity contribution in [1.82, 2.24) is 4.90 Å². The van der Waals surface area contributed by atoms with Gasteiger partial charge in [-0.15, -0.1) is 11.3 Å². The van der Waals surface area contributed by atoms with E-state index in [1.165, 1.54) is 11.3 Å². The second-order valence-corrected chi connectivity index (χ2v) is 6.52. The minimum Gasteiger partial charge on any atom is -0.411 e. The van der Waals surface area contributed by atoms with Crippen LogP contribution in [0.4, 0.5) is 0 Å². The molecule has 1 amide bonds. The monoisotopic (exact) mass is 306 g/mol. The molecule has 1 aromatic rings. The van der Waals surface area contributed by atoms with Crippen molar-refractivity contribution in [2.75, 3.05) is 13.1 Å². The molecule has 0 aromatic carbocycles. The van der Waals surface area contributed by atoms with Gasteiger partial charge in [-0.25, -0.2) is 0 Å². The van der Waals surface area contributed by atoms with Gasteiger partial charge in [-0.05, 0) is 6.07 Å². The smallest absolute Gasteiger partial charge is 0.256 e. The first-order valence-electron chi connectivity index (χ1n) is 5.48. The number of hydrogen-bond acceptors (Lipinski definition) is 4. The van der Waals surface area contributed by atoms with E-state index < -0.39 is 0 Å². The predicted octanol–water partition coefficient (Wildman–Crippen LogP) is 3.37. The van der Waals surface area contributed by atoms with Crippen LogP contribution >= 0.6 is 34.5 Å². The molecule has 0 saturated carbocycles. The largest absolute Gasteiger partial charge is 0.411 e. The normalized spacial score (nSPS) is 22.5. The minimum absolute atomic E-state index is 0.0561. The zero-order chi connectivity index (χ0) is 13.3. The van der Waals surface area contributed by atoms with Crippen LogP contribution in [0.1, 0.15) is 23.7 Å². The number of thiophene rings is 1. The van der Waals surface area contributed by atoms with Gasteiger partial charge in [-0.3, -0.25) is 4.79 Å². The van der Waals surface area contributed by atoms with E-state index in [4.69, 9.17) is 28.4 Å². The Kier molecular flexibility index (Phi) is 4.14. The molecular formula is C11H12Cl2N2O2S. The molecule has 7 heteroatoms. The van der Waals surface area contributed by atoms with Gasteiger partial charge >= 0.3 is 0 Å². The molecule has 1 fully saturated rings. The summed E-state index contributed by atoms with van der Waals surface area (Å²) in [6.45, 7) is 2.99. The van der Waals surface area contributed by atoms with Gasteiger partial charge in [0.05, 0.1) is 15.6 Å². The average molecular weight is 307 g/mol. The molecular weight excluding hydrogens is 295 g/mol. The molecule has 2 heterocycles. The van der Waals surface area contributed by atoms with Gasteiger partial charge in [0.2, 0.25) is 0 Å². The first kappa shape index (κ1) is 13.6. The summed E-state index contributed by atoms with van der Waals surface area (Å²) in [6.07, 6.45) is 0.582. The van der Waals surface area contributed by atoms with E-state index in [2.05, 4.69) is 5.16 Å². The van der Waals surface area contributed by atoms with E-state index in [-0.39, 0.29) is 11.8 Å². The van der Waals surface area contributed by atoms with E-state index >= 15 is 0 Å². The summed E-state index contributed by atoms with van der Waals surface area (Å²) in [7, 11) is 0. The standard InChI is InChI=1S/C11H12Cl2N2O2S/c1-6-5-15(3-2-8(6)14-17)11(16)7-4-9(12)18-10(7)13/h4,6,17H,2-3,5H2,1H3/b14-8+. The Hall–Kier alpha value is -0.780. The molecule has 2 rings (SSSR count). The van der Waals surface area contributed by atoms with Gasteiger partial charge in [-0.2, -0.15) is 0 Å². The fourth-order valence-corrected chi connectivity index (χ4v) is 3.46. The lowest BCUT2D eigenvalue weighted by Gasteiger charge is -2.31. The van der Waals surface area contributed by atoms with Crippen LogP contribution in [-0.2, 0) is 0 Å². The molecule has 0 aliphatic carbocycles. The fourth-order valence-electron chi connectivity index (χ4n) is 2.01. The molecule has 18 heavy (non-hydrogen) atoms. The third-order valence-electron chi connectivity index (χ3n) is 3.00. The van der Waals surface area contributed by atoms with Crippen LogP contribution in [-0.4, -0.2) is 34.8 Å². The molecule has 98 valence electrons. The van der Waals surface area contributed by atoms with Crippen molar-refractivity contribution in [3.05, 3.63) is 20.3 Å². The highest BCUT2D eigenvalue weighted by molar-refractivity contribution is 7.20. The maximum absolute atomic E-state index is 12.3. The van der Waals surface area contributed by atoms with Crippen LogP contribution in [0.2, 0.25) is 8.67 Å². The van der Waals surface area contributed by atoms with Gasteiger partial charge in [0.1, 0.15) is 4.34 Å². The predicted molar refractivity (Wildman–Crippen MR) is 73.2 cm³/mol. The summed E-state index contributed by atoms with van der Waals surface area (Å²) < 4.78 is 0.922. The summed E-state index contributed by atoms with van der Waals surface area (Å²) >= 11 is 13.0. The van der Waals surface area contributed by atoms with Crippen molar-refractivity contribution in [3.63, 3.8) is 0 Å². The Labute approximate surface area is 119 Å². The Morgan fingerprint density at radius 3 is 2.83 bits per heavy atom. The lowest BCUT2D eigenvalue weighted by Crippen LogP contribution is -2.43. The Balaban J connectivity index is 2.14. The molecule has 1 saturated heterocycles. The maximum atomic E-state index is 12.3. The Morgan fingerprint density at radius 2 is 2.33 bits per heavy atom. The average Bonchev–Trinajstić information content (AvgIpc) is 2.67. The van der Waals surface area contributed by atoms with E-state index in [0.717, 1.165) is 5.71 Å². The van der Waals surface area contributed by atoms with Crippen molar-refractivity contribution in [1.29, 1.82) is 0 Å². The van der Waals surface area contributed by atoms with E-state index in [0.29, 0.717) is 33.7 Å². The second-order valence-electron chi connectivity index (χ2n) is 4.23. The number of rotatable bonds is 1. The lowest BCUT2D eigenvalue weighted by molar-refractivity contribution is 0.0734. The first-order valence-corrected chi connectivity index (χ1v) is 7.05. The van der Waals surface area contributed by atoms with Crippen LogP contribution in [0.5, 0.6) is 0 Å². The number of piperidine rings is 1. The molecule has 0 radical (unpaired) electrons. The third-order valence-corrected chi connectivity index (χ3v) is 4.49. The highest BCUT2D eigenvalue weighted by Gasteiger charge is 2.28. The van der Waals surface area contributed by atoms with Crippen molar-refractivity contribution >= 4 is 46.2 Å². The summed E-state index contributed by atoms with van der Waals surface area (Å²) in [5.74, 6) is -0.0624. The molecule has 1 aliphatic rings. The zero-order valence-electron chi connectivity index (χ0n) is 9.69. The zero-order valence-corrected chi connectivity index (χ0v) is 12.0. The van der Waals surface area contributed by atoms with Gasteiger partial charge in [0, 0.05) is 25.4 Å². The lowest BCUT2D eigenvalue weighted by atomic mass is 9.97. The molecule has 1 aromatic heterocycles. The van der Waals surface area contributed by atoms with Crippen LogP contribution < -0.4 is 0 Å². The molecule has 0 spiro atoms. The van der Waals surface area contributed by atoms with E-state index in [9.17, 15) is 4.79 Å². The number of amides is 1. The second kappa shape index (κ2) is 5.47. The quantitative estimate of drug-likeness (QED) is 0.639. The molecule has 1 N–H and O–H groups in total. The highest BCUT2D eigenvalue weighted by Crippen LogP contribution is 2.32. The van der Waals surface area contributed by atoms with Crippen molar-refractivity contribution < 1.29 is 10.0 Å². The van der Waals surface area contributed by atoms with Crippen molar-refractivity contribution in [2.24, 2.45) is 11.1 Å². The summed E-state index contributed by atoms with van der Waals surface area (Å²) in [6, 6.07) is 1.59. The van der Waals surface area contributed by atoms with Crippen molar-refractivity contribution in [3.8, 4) is 0 Å². The number of hydrogen-bond donors (Lipinski definition) is 1. The molecule has 1 atom stereocenters. The highest BCUT2D eigenvalue weighted by atomic mass is 35.5. The minimum atomic E-state index is -0.119. The maximum Gasteiger partial charge on any atom is 0.256 e. The number of carbonyl (C=O) groups is 1. The summed E-state index contributed by atoms with van der Waals surface area (Å²) in [5.41, 5.74) is 1.18. The van der Waals surface area contributed by atoms with E-state index in [1.807, 2.05) is 6.92 Å². The topological polar surface area (TPSA) is 52.9 Å². The summed E-state index contributed by atoms with van der Waals surface area (Å²) in [5, 5.41) is 12.0. The Bertz CT molecular complexity index is 501. The number of oxime groups is 1. The van der Waals surface area contributed by atoms with E-state index in [1.54, 1.807) is 11.0 Å². The summed E-state index contributed by atoms with van der Waals surface area (Å²) in [4.78, 5) is 14.0. The van der Waals surface area contributed by atoms with Crippen molar-refractivity contribution in [2.45, 2.75) is 13.3 Å². The van der Waals surface area contributed by atoms with Gasteiger partial charge in [0.25, 0.3) is 5.91 Å². The van der Waals surface area contributed by atoms with Gasteiger partial charge in [0.15, 0.2) is 0 Å². The number of carbonyl (C=O) groups excluding carboxylic acids is 1. The van der Waals surface area contributed by atoms with Crippen LogP contribution in [0.15, 0.2) is 11.2 Å². The number of halogens is 2. The van der Waals surface area contributed by atoms with Crippen LogP contribution in [0, 0.1) is 5.92 Å². The van der Waals surface area contributed by atoms with Crippen LogP contribution in [0.3, 0.4) is 0 Å². The molecule has 4 nitrogen and oxygen atoms in total. The number of nitrogens with zero attached hydrogens (tertiary/aromatic N) is 2. The molecule has 0 bridgehead atoms. The number of likely N-dealkylation sites (tertiary alicyclic amines) is 1. The Morgan fingerprint density at radius 1 is 1.61 bits per heavy atom. The third kappa shape index (κ3) is 2.63. The molecule has 1 aliphatic heterocycles. The van der Waals surface area contributed by atoms with Gasteiger partial charge < -0.3 is 10.1 Å². The SMILES string of the molecule is CC1CN(C(=O)c2cc(Cl)sc2Cl)CC/C1=N\O. The molecule has 1 unspecified atom stereocenters. The van der Waals surface area contributed by atoms with Crippen LogP contribution in [0.25, 0.3) is 0 Å². The van der Waals surface area contributed by atoms with Gasteiger partial charge in [-0.1, -0.05) is 35.3 Å². The first-order chi connectivity index (χ1) is 8.52.